The van der Waals surface area contributed by atoms with Crippen molar-refractivity contribution in [2.75, 3.05) is 7.11 Å². The highest BCUT2D eigenvalue weighted by molar-refractivity contribution is 5.84. The molecule has 26 heavy (non-hydrogen) atoms. The maximum Gasteiger partial charge on any atom is 0.335 e. The second-order valence-corrected chi connectivity index (χ2v) is 5.40. The number of H-pyrrole nitrogens is 1. The van der Waals surface area contributed by atoms with E-state index in [1.165, 1.54) is 7.11 Å². The molecule has 1 aromatic carbocycles. The number of ether oxygens (including phenoxy) is 1. The van der Waals surface area contributed by atoms with Gasteiger partial charge in [-0.05, 0) is 18.6 Å². The number of hydrogen-bond acceptors (Lipinski definition) is 6. The number of methoxy groups -OCH3 is 1. The fraction of sp³-hybridized carbons (Fsp3) is 0.294. The van der Waals surface area contributed by atoms with Crippen LogP contribution in [0.3, 0.4) is 0 Å². The Balaban J connectivity index is 2.42. The van der Waals surface area contributed by atoms with E-state index in [0.29, 0.717) is 18.6 Å². The van der Waals surface area contributed by atoms with Crippen molar-refractivity contribution in [3.8, 4) is 17.3 Å². The molecule has 1 heterocycles. The Kier molecular flexibility index (Phi) is 6.31. The highest BCUT2D eigenvalue weighted by Crippen LogP contribution is 2.24. The van der Waals surface area contributed by atoms with E-state index in [-0.39, 0.29) is 17.2 Å². The van der Waals surface area contributed by atoms with Gasteiger partial charge in [-0.25, -0.2) is 14.8 Å². The number of para-hydroxylation sites is 2. The van der Waals surface area contributed by atoms with Crippen LogP contribution in [0, 0.1) is 0 Å². The van der Waals surface area contributed by atoms with Gasteiger partial charge in [0.15, 0.2) is 0 Å². The lowest BCUT2D eigenvalue weighted by atomic mass is 10.2. The Labute approximate surface area is 149 Å². The van der Waals surface area contributed by atoms with Crippen molar-refractivity contribution in [3.05, 3.63) is 50.7 Å². The van der Waals surface area contributed by atoms with E-state index in [0.717, 1.165) is 17.2 Å². The van der Waals surface area contributed by atoms with E-state index in [4.69, 9.17) is 4.74 Å². The summed E-state index contributed by atoms with van der Waals surface area (Å²) in [5.41, 5.74) is 0.584. The average molecular weight is 360 g/mol. The smallest absolute Gasteiger partial charge is 0.335 e. The molecule has 0 aliphatic carbocycles. The zero-order chi connectivity index (χ0) is 19.1. The van der Waals surface area contributed by atoms with Gasteiger partial charge in [-0.1, -0.05) is 25.5 Å². The minimum atomic E-state index is -0.832. The molecule has 9 nitrogen and oxygen atoms in total. The van der Waals surface area contributed by atoms with Gasteiger partial charge < -0.3 is 9.84 Å². The average Bonchev–Trinajstić information content (AvgIpc) is 2.62. The molecule has 0 aliphatic heterocycles. The van der Waals surface area contributed by atoms with Gasteiger partial charge in [-0.15, -0.1) is 0 Å². The normalized spacial score (nSPS) is 10.8. The summed E-state index contributed by atoms with van der Waals surface area (Å²) in [6.07, 6.45) is 2.87. The number of aromatic amines is 1. The number of nitrogens with zero attached hydrogens (tertiary/aromatic N) is 2. The predicted octanol–water partition coefficient (Wildman–Crippen LogP) is 0.880. The Morgan fingerprint density at radius 1 is 1.38 bits per heavy atom. The number of nitrogens with one attached hydrogen (secondary N) is 2. The molecule has 0 unspecified atom stereocenters. The number of unbranched alkanes of at least 4 members (excludes halogenated alkanes) is 1. The number of hydrazone groups is 1. The summed E-state index contributed by atoms with van der Waals surface area (Å²) in [7, 11) is 1.42. The van der Waals surface area contributed by atoms with Crippen molar-refractivity contribution >= 4 is 12.1 Å². The van der Waals surface area contributed by atoms with Crippen molar-refractivity contribution in [1.82, 2.24) is 15.0 Å². The predicted molar refractivity (Wildman–Crippen MR) is 96.1 cm³/mol. The number of rotatable bonds is 7. The third-order valence-corrected chi connectivity index (χ3v) is 3.59. The molecule has 1 aromatic heterocycles. The van der Waals surface area contributed by atoms with Crippen LogP contribution >= 0.6 is 0 Å². The molecule has 2 aromatic rings. The number of hydrogen-bond donors (Lipinski definition) is 3. The first kappa shape index (κ1) is 19.0. The number of aromatic nitrogens is 2. The standard InChI is InChI=1S/C17H20N4O5/c1-3-4-9-14(22)20-18-10-11-15(23)19-17(25)21(16(11)24)12-7-5-6-8-13(12)26-2/h5-8,10,24H,3-4,9H2,1-2H3,(H,20,22)(H,19,23,25). The number of aromatic hydroxyl groups is 1. The van der Waals surface area contributed by atoms with Crippen molar-refractivity contribution in [1.29, 1.82) is 0 Å². The first-order valence-electron chi connectivity index (χ1n) is 8.03. The second kappa shape index (κ2) is 8.65. The van der Waals surface area contributed by atoms with E-state index < -0.39 is 17.1 Å². The summed E-state index contributed by atoms with van der Waals surface area (Å²) in [6, 6.07) is 6.50. The molecule has 0 saturated heterocycles. The van der Waals surface area contributed by atoms with Crippen LogP contribution < -0.4 is 21.4 Å². The summed E-state index contributed by atoms with van der Waals surface area (Å²) in [5.74, 6) is -0.598. The highest BCUT2D eigenvalue weighted by atomic mass is 16.5. The minimum Gasteiger partial charge on any atom is -0.495 e. The van der Waals surface area contributed by atoms with E-state index in [9.17, 15) is 19.5 Å². The lowest BCUT2D eigenvalue weighted by molar-refractivity contribution is -0.121. The molecule has 138 valence electrons. The van der Waals surface area contributed by atoms with E-state index in [2.05, 4.69) is 15.5 Å². The van der Waals surface area contributed by atoms with Gasteiger partial charge in [0.05, 0.1) is 19.0 Å². The van der Waals surface area contributed by atoms with Crippen LogP contribution in [-0.4, -0.2) is 33.9 Å². The monoisotopic (exact) mass is 360 g/mol. The maximum atomic E-state index is 12.2. The van der Waals surface area contributed by atoms with Crippen molar-refractivity contribution in [2.24, 2.45) is 5.10 Å². The van der Waals surface area contributed by atoms with Crippen molar-refractivity contribution in [2.45, 2.75) is 26.2 Å². The van der Waals surface area contributed by atoms with Gasteiger partial charge >= 0.3 is 5.69 Å². The Morgan fingerprint density at radius 2 is 2.12 bits per heavy atom. The molecular weight excluding hydrogens is 340 g/mol. The lowest BCUT2D eigenvalue weighted by Gasteiger charge is -2.12. The summed E-state index contributed by atoms with van der Waals surface area (Å²) in [6.45, 7) is 1.95. The zero-order valence-corrected chi connectivity index (χ0v) is 14.5. The van der Waals surface area contributed by atoms with Crippen LogP contribution in [-0.2, 0) is 4.79 Å². The van der Waals surface area contributed by atoms with Crippen LogP contribution in [0.1, 0.15) is 31.7 Å². The Morgan fingerprint density at radius 3 is 2.81 bits per heavy atom. The fourth-order valence-electron chi connectivity index (χ4n) is 2.25. The van der Waals surface area contributed by atoms with E-state index in [1.54, 1.807) is 24.3 Å². The molecular formula is C17H20N4O5. The molecule has 0 atom stereocenters. The van der Waals surface area contributed by atoms with Crippen LogP contribution in [0.5, 0.6) is 11.6 Å². The second-order valence-electron chi connectivity index (χ2n) is 5.40. The van der Waals surface area contributed by atoms with Crippen LogP contribution in [0.4, 0.5) is 0 Å². The van der Waals surface area contributed by atoms with Crippen molar-refractivity contribution in [3.63, 3.8) is 0 Å². The topological polar surface area (TPSA) is 126 Å². The SMILES string of the molecule is CCCCC(=O)NN=Cc1c(O)n(-c2ccccc2OC)c(=O)[nH]c1=O. The number of benzene rings is 1. The molecule has 2 rings (SSSR count). The molecule has 0 spiro atoms. The molecule has 9 heteroatoms. The number of carbonyl (C=O) groups excluding carboxylic acids is 1. The third-order valence-electron chi connectivity index (χ3n) is 3.59. The molecule has 0 aliphatic rings. The number of amides is 1. The minimum absolute atomic E-state index is 0.246. The van der Waals surface area contributed by atoms with Gasteiger partial charge in [-0.3, -0.25) is 14.6 Å². The van der Waals surface area contributed by atoms with Gasteiger partial charge in [0, 0.05) is 6.42 Å². The summed E-state index contributed by atoms with van der Waals surface area (Å²) >= 11 is 0. The summed E-state index contributed by atoms with van der Waals surface area (Å²) < 4.78 is 6.07. The van der Waals surface area contributed by atoms with Crippen LogP contribution in [0.15, 0.2) is 39.0 Å². The molecule has 0 saturated carbocycles. The molecule has 3 N–H and O–H groups in total. The van der Waals surface area contributed by atoms with Gasteiger partial charge in [-0.2, -0.15) is 5.10 Å². The first-order chi connectivity index (χ1) is 12.5. The lowest BCUT2D eigenvalue weighted by Crippen LogP contribution is -2.31. The van der Waals surface area contributed by atoms with Crippen LogP contribution in [0.25, 0.3) is 5.69 Å². The Hall–Kier alpha value is -3.36. The maximum absolute atomic E-state index is 12.2. The summed E-state index contributed by atoms with van der Waals surface area (Å²) in [4.78, 5) is 37.8. The largest absolute Gasteiger partial charge is 0.495 e. The Bertz CT molecular complexity index is 929. The van der Waals surface area contributed by atoms with E-state index >= 15 is 0 Å². The third kappa shape index (κ3) is 4.18. The fourth-order valence-corrected chi connectivity index (χ4v) is 2.25. The van der Waals surface area contributed by atoms with Crippen LogP contribution in [0.2, 0.25) is 0 Å². The van der Waals surface area contributed by atoms with Gasteiger partial charge in [0.2, 0.25) is 11.8 Å². The molecule has 0 radical (unpaired) electrons. The zero-order valence-electron chi connectivity index (χ0n) is 14.5. The van der Waals surface area contributed by atoms with E-state index in [1.807, 2.05) is 6.92 Å². The molecule has 0 fully saturated rings. The first-order valence-corrected chi connectivity index (χ1v) is 8.03. The summed E-state index contributed by atoms with van der Waals surface area (Å²) in [5, 5.41) is 14.1. The van der Waals surface area contributed by atoms with Gasteiger partial charge in [0.25, 0.3) is 5.56 Å². The quantitative estimate of drug-likeness (QED) is 0.499. The molecule has 0 bridgehead atoms. The van der Waals surface area contributed by atoms with Crippen molar-refractivity contribution < 1.29 is 14.6 Å². The van der Waals surface area contributed by atoms with Gasteiger partial charge in [0.1, 0.15) is 11.3 Å². The number of carbonyl (C=O) groups is 1. The highest BCUT2D eigenvalue weighted by Gasteiger charge is 2.16. The molecule has 1 amide bonds.